The summed E-state index contributed by atoms with van der Waals surface area (Å²) in [5.74, 6) is -0.135. The molecular formula is C9H15BrN4O. The molecule has 0 spiro atoms. The van der Waals surface area contributed by atoms with E-state index in [1.54, 1.807) is 14.0 Å². The maximum absolute atomic E-state index is 12.1. The normalized spacial score (nSPS) is 15.0. The number of nitrogens with two attached hydrogens (primary N) is 1. The highest BCUT2D eigenvalue weighted by Crippen LogP contribution is 2.20. The molecule has 0 amide bonds. The van der Waals surface area contributed by atoms with E-state index >= 15 is 0 Å². The van der Waals surface area contributed by atoms with Crippen LogP contribution in [-0.4, -0.2) is 26.3 Å². The Bertz CT molecular complexity index is 353. The highest BCUT2D eigenvalue weighted by Gasteiger charge is 2.32. The second-order valence-corrected chi connectivity index (χ2v) is 4.60. The largest absolute Gasteiger partial charge is 0.319 e. The zero-order valence-electron chi connectivity index (χ0n) is 9.12. The molecule has 84 valence electrons. The third-order valence-electron chi connectivity index (χ3n) is 2.29. The Balaban J connectivity index is 3.04. The molecule has 1 atom stereocenters. The molecule has 5 nitrogen and oxygen atoms in total. The van der Waals surface area contributed by atoms with Crippen LogP contribution in [0.1, 0.15) is 37.2 Å². The van der Waals surface area contributed by atoms with Crippen LogP contribution in [0.15, 0.2) is 4.60 Å². The number of nitrogens with zero attached hydrogens (tertiary/aromatic N) is 3. The molecule has 1 rings (SSSR count). The van der Waals surface area contributed by atoms with E-state index in [2.05, 4.69) is 26.2 Å². The van der Waals surface area contributed by atoms with Gasteiger partial charge in [-0.05, 0) is 29.3 Å². The number of hydrogen-bond acceptors (Lipinski definition) is 4. The van der Waals surface area contributed by atoms with Gasteiger partial charge in [0.05, 0.1) is 5.54 Å². The molecule has 0 saturated heterocycles. The van der Waals surface area contributed by atoms with Crippen molar-refractivity contribution in [2.45, 2.75) is 32.2 Å². The first-order valence-electron chi connectivity index (χ1n) is 4.79. The number of Topliss-reactive ketones (excluding diaryl/α,β-unsaturated/α-hetero) is 1. The highest BCUT2D eigenvalue weighted by atomic mass is 79.9. The fraction of sp³-hybridized carbons (Fsp3) is 0.667. The van der Waals surface area contributed by atoms with Crippen molar-refractivity contribution in [1.82, 2.24) is 15.0 Å². The predicted molar refractivity (Wildman–Crippen MR) is 60.5 cm³/mol. The van der Waals surface area contributed by atoms with Gasteiger partial charge in [0, 0.05) is 7.05 Å². The summed E-state index contributed by atoms with van der Waals surface area (Å²) in [6.45, 7) is 3.73. The summed E-state index contributed by atoms with van der Waals surface area (Å²) < 4.78 is 1.88. The summed E-state index contributed by atoms with van der Waals surface area (Å²) in [7, 11) is 1.67. The average molecular weight is 275 g/mol. The second kappa shape index (κ2) is 4.40. The van der Waals surface area contributed by atoms with Crippen LogP contribution in [0.3, 0.4) is 0 Å². The van der Waals surface area contributed by atoms with Crippen LogP contribution in [-0.2, 0) is 7.05 Å². The van der Waals surface area contributed by atoms with E-state index in [1.165, 1.54) is 4.68 Å². The van der Waals surface area contributed by atoms with Gasteiger partial charge >= 0.3 is 0 Å². The van der Waals surface area contributed by atoms with Crippen molar-refractivity contribution in [1.29, 1.82) is 0 Å². The van der Waals surface area contributed by atoms with Crippen molar-refractivity contribution >= 4 is 21.7 Å². The first-order valence-corrected chi connectivity index (χ1v) is 5.58. The second-order valence-electron chi connectivity index (χ2n) is 3.85. The zero-order chi connectivity index (χ0) is 11.6. The number of rotatable bonds is 4. The molecule has 1 aromatic rings. The molecule has 0 saturated carbocycles. The van der Waals surface area contributed by atoms with E-state index in [1.807, 2.05) is 6.92 Å². The highest BCUT2D eigenvalue weighted by molar-refractivity contribution is 9.10. The molecule has 1 heterocycles. The standard InChI is InChI=1S/C9H15BrN4O/c1-4-5-9(2,11)7(15)6-8(10)12-13-14(6)3/h4-5,11H2,1-3H3. The van der Waals surface area contributed by atoms with Gasteiger partial charge in [-0.3, -0.25) is 4.79 Å². The fourth-order valence-corrected chi connectivity index (χ4v) is 1.98. The Kier molecular flexibility index (Phi) is 3.62. The molecular weight excluding hydrogens is 260 g/mol. The molecule has 15 heavy (non-hydrogen) atoms. The molecule has 0 aliphatic carbocycles. The summed E-state index contributed by atoms with van der Waals surface area (Å²) in [6.07, 6.45) is 1.51. The van der Waals surface area contributed by atoms with E-state index in [-0.39, 0.29) is 5.78 Å². The van der Waals surface area contributed by atoms with Crippen molar-refractivity contribution in [2.24, 2.45) is 12.8 Å². The Morgan fingerprint density at radius 1 is 1.67 bits per heavy atom. The number of ketones is 1. The molecule has 0 bridgehead atoms. The number of carbonyl (C=O) groups excluding carboxylic acids is 1. The quantitative estimate of drug-likeness (QED) is 0.840. The fourth-order valence-electron chi connectivity index (χ4n) is 1.48. The van der Waals surface area contributed by atoms with Gasteiger partial charge in [-0.25, -0.2) is 4.68 Å². The Labute approximate surface area is 97.2 Å². The number of aryl methyl sites for hydroxylation is 1. The Hall–Kier alpha value is -0.750. The summed E-state index contributed by atoms with van der Waals surface area (Å²) >= 11 is 3.19. The van der Waals surface area contributed by atoms with E-state index in [9.17, 15) is 4.79 Å². The molecule has 0 aliphatic heterocycles. The van der Waals surface area contributed by atoms with Crippen LogP contribution in [0.25, 0.3) is 0 Å². The van der Waals surface area contributed by atoms with E-state index in [4.69, 9.17) is 5.73 Å². The summed E-state index contributed by atoms with van der Waals surface area (Å²) in [6, 6.07) is 0. The van der Waals surface area contributed by atoms with Crippen LogP contribution in [0.2, 0.25) is 0 Å². The maximum Gasteiger partial charge on any atom is 0.203 e. The summed E-state index contributed by atoms with van der Waals surface area (Å²) in [4.78, 5) is 12.1. The Morgan fingerprint density at radius 2 is 2.27 bits per heavy atom. The predicted octanol–water partition coefficient (Wildman–Crippen LogP) is 1.28. The van der Waals surface area contributed by atoms with E-state index in [0.717, 1.165) is 6.42 Å². The smallest absolute Gasteiger partial charge is 0.203 e. The molecule has 0 aliphatic rings. The first-order chi connectivity index (χ1) is 6.90. The first kappa shape index (κ1) is 12.3. The van der Waals surface area contributed by atoms with Crippen molar-refractivity contribution in [3.05, 3.63) is 10.3 Å². The molecule has 1 unspecified atom stereocenters. The van der Waals surface area contributed by atoms with Crippen molar-refractivity contribution in [2.75, 3.05) is 0 Å². The van der Waals surface area contributed by atoms with Crippen molar-refractivity contribution in [3.63, 3.8) is 0 Å². The lowest BCUT2D eigenvalue weighted by Gasteiger charge is -2.21. The molecule has 0 fully saturated rings. The molecule has 0 radical (unpaired) electrons. The van der Waals surface area contributed by atoms with Gasteiger partial charge in [-0.15, -0.1) is 5.10 Å². The minimum absolute atomic E-state index is 0.135. The maximum atomic E-state index is 12.1. The number of halogens is 1. The SMILES string of the molecule is CCCC(C)(N)C(=O)c1c(Br)nnn1C. The molecule has 1 aromatic heterocycles. The topological polar surface area (TPSA) is 73.8 Å². The van der Waals surface area contributed by atoms with Crippen LogP contribution in [0, 0.1) is 0 Å². The van der Waals surface area contributed by atoms with Crippen LogP contribution in [0.5, 0.6) is 0 Å². The van der Waals surface area contributed by atoms with Gasteiger partial charge < -0.3 is 5.73 Å². The monoisotopic (exact) mass is 274 g/mol. The zero-order valence-corrected chi connectivity index (χ0v) is 10.7. The molecule has 2 N–H and O–H groups in total. The van der Waals surface area contributed by atoms with Crippen LogP contribution in [0.4, 0.5) is 0 Å². The van der Waals surface area contributed by atoms with Gasteiger partial charge in [0.25, 0.3) is 0 Å². The van der Waals surface area contributed by atoms with Crippen molar-refractivity contribution in [3.8, 4) is 0 Å². The summed E-state index contributed by atoms with van der Waals surface area (Å²) in [5, 5.41) is 7.52. The van der Waals surface area contributed by atoms with Gasteiger partial charge in [0.15, 0.2) is 4.60 Å². The number of aromatic nitrogens is 3. The van der Waals surface area contributed by atoms with Gasteiger partial charge in [-0.1, -0.05) is 18.6 Å². The van der Waals surface area contributed by atoms with Gasteiger partial charge in [0.2, 0.25) is 5.78 Å². The van der Waals surface area contributed by atoms with Crippen LogP contribution >= 0.6 is 15.9 Å². The lowest BCUT2D eigenvalue weighted by atomic mass is 9.91. The average Bonchev–Trinajstić information content (AvgIpc) is 2.45. The number of hydrogen-bond donors (Lipinski definition) is 1. The third-order valence-corrected chi connectivity index (χ3v) is 2.82. The van der Waals surface area contributed by atoms with Gasteiger partial charge in [0.1, 0.15) is 5.69 Å². The molecule has 0 aromatic carbocycles. The lowest BCUT2D eigenvalue weighted by molar-refractivity contribution is 0.0882. The summed E-state index contributed by atoms with van der Waals surface area (Å²) in [5.41, 5.74) is 5.53. The van der Waals surface area contributed by atoms with Crippen molar-refractivity contribution < 1.29 is 4.79 Å². The van der Waals surface area contributed by atoms with Crippen LogP contribution < -0.4 is 5.73 Å². The van der Waals surface area contributed by atoms with E-state index in [0.29, 0.717) is 16.7 Å². The number of carbonyl (C=O) groups is 1. The minimum atomic E-state index is -0.854. The minimum Gasteiger partial charge on any atom is -0.319 e. The van der Waals surface area contributed by atoms with E-state index < -0.39 is 5.54 Å². The third kappa shape index (κ3) is 2.43. The lowest BCUT2D eigenvalue weighted by Crippen LogP contribution is -2.45. The Morgan fingerprint density at radius 3 is 2.67 bits per heavy atom. The molecule has 6 heteroatoms. The van der Waals surface area contributed by atoms with Gasteiger partial charge in [-0.2, -0.15) is 0 Å².